The fourth-order valence-corrected chi connectivity index (χ4v) is 2.36. The zero-order valence-corrected chi connectivity index (χ0v) is 7.94. The molecule has 2 aliphatic heterocycles. The second-order valence-corrected chi connectivity index (χ2v) is 4.72. The van der Waals surface area contributed by atoms with Crippen molar-refractivity contribution in [2.45, 2.75) is 26.2 Å². The Bertz CT molecular complexity index is 148. The highest BCUT2D eigenvalue weighted by molar-refractivity contribution is 4.85. The van der Waals surface area contributed by atoms with E-state index in [1.54, 1.807) is 0 Å². The molecule has 2 aliphatic rings. The molecule has 0 aromatic heterocycles. The Morgan fingerprint density at radius 1 is 1.50 bits per heavy atom. The van der Waals surface area contributed by atoms with Crippen LogP contribution < -0.4 is 5.32 Å². The average molecular weight is 169 g/mol. The van der Waals surface area contributed by atoms with Crippen LogP contribution in [0, 0.1) is 11.3 Å². The fourth-order valence-electron chi connectivity index (χ4n) is 2.36. The van der Waals surface area contributed by atoms with E-state index >= 15 is 0 Å². The summed E-state index contributed by atoms with van der Waals surface area (Å²) in [7, 11) is 0. The van der Waals surface area contributed by atoms with Crippen LogP contribution in [0.3, 0.4) is 0 Å². The zero-order valence-electron chi connectivity index (χ0n) is 7.94. The number of hydrogen-bond acceptors (Lipinski definition) is 2. The van der Waals surface area contributed by atoms with Gasteiger partial charge in [-0.05, 0) is 38.3 Å². The van der Waals surface area contributed by atoms with Crippen molar-refractivity contribution in [3.05, 3.63) is 0 Å². The third-order valence-corrected chi connectivity index (χ3v) is 3.08. The lowest BCUT2D eigenvalue weighted by atomic mass is 9.77. The summed E-state index contributed by atoms with van der Waals surface area (Å²) in [5.41, 5.74) is 0.518. The molecule has 2 fully saturated rings. The maximum absolute atomic E-state index is 5.26. The molecule has 0 aliphatic carbocycles. The highest BCUT2D eigenvalue weighted by Gasteiger charge is 2.35. The number of rotatable bonds is 2. The van der Waals surface area contributed by atoms with Crippen molar-refractivity contribution in [1.82, 2.24) is 5.32 Å². The SMILES string of the molecule is CC1(CC2CCCNC2)COC1. The molecule has 12 heavy (non-hydrogen) atoms. The average Bonchev–Trinajstić information content (AvgIpc) is 2.04. The summed E-state index contributed by atoms with van der Waals surface area (Å²) in [6.45, 7) is 6.79. The maximum Gasteiger partial charge on any atom is 0.0542 e. The predicted molar refractivity (Wildman–Crippen MR) is 49.1 cm³/mol. The van der Waals surface area contributed by atoms with Crippen LogP contribution in [0.1, 0.15) is 26.2 Å². The van der Waals surface area contributed by atoms with Gasteiger partial charge in [-0.3, -0.25) is 0 Å². The van der Waals surface area contributed by atoms with E-state index in [0.717, 1.165) is 19.1 Å². The molecule has 2 heterocycles. The van der Waals surface area contributed by atoms with Crippen LogP contribution in [0.4, 0.5) is 0 Å². The van der Waals surface area contributed by atoms with Crippen molar-refractivity contribution in [3.63, 3.8) is 0 Å². The normalized spacial score (nSPS) is 34.2. The van der Waals surface area contributed by atoms with Gasteiger partial charge in [-0.15, -0.1) is 0 Å². The molecular formula is C10H19NO. The first-order valence-corrected chi connectivity index (χ1v) is 5.07. The molecule has 2 saturated heterocycles. The topological polar surface area (TPSA) is 21.3 Å². The molecule has 1 unspecified atom stereocenters. The first-order valence-electron chi connectivity index (χ1n) is 5.07. The monoisotopic (exact) mass is 169 g/mol. The van der Waals surface area contributed by atoms with Gasteiger partial charge >= 0.3 is 0 Å². The molecule has 2 heteroatoms. The minimum absolute atomic E-state index is 0.518. The smallest absolute Gasteiger partial charge is 0.0542 e. The standard InChI is InChI=1S/C10H19NO/c1-10(7-12-8-10)5-9-3-2-4-11-6-9/h9,11H,2-8H2,1H3. The van der Waals surface area contributed by atoms with Gasteiger partial charge in [0.15, 0.2) is 0 Å². The van der Waals surface area contributed by atoms with Gasteiger partial charge in [-0.2, -0.15) is 0 Å². The van der Waals surface area contributed by atoms with E-state index in [-0.39, 0.29) is 0 Å². The molecular weight excluding hydrogens is 150 g/mol. The Morgan fingerprint density at radius 2 is 2.33 bits per heavy atom. The predicted octanol–water partition coefficient (Wildman–Crippen LogP) is 1.41. The van der Waals surface area contributed by atoms with Crippen molar-refractivity contribution < 1.29 is 4.74 Å². The molecule has 0 aromatic rings. The first kappa shape index (κ1) is 8.52. The molecule has 2 rings (SSSR count). The molecule has 0 saturated carbocycles. The Balaban J connectivity index is 1.77. The second-order valence-electron chi connectivity index (χ2n) is 4.72. The highest BCUT2D eigenvalue weighted by atomic mass is 16.5. The van der Waals surface area contributed by atoms with E-state index < -0.39 is 0 Å². The number of piperidine rings is 1. The van der Waals surface area contributed by atoms with Crippen LogP contribution in [0.5, 0.6) is 0 Å². The van der Waals surface area contributed by atoms with Crippen molar-refractivity contribution in [2.24, 2.45) is 11.3 Å². The van der Waals surface area contributed by atoms with Gasteiger partial charge in [-0.25, -0.2) is 0 Å². The molecule has 1 N–H and O–H groups in total. The second kappa shape index (κ2) is 3.35. The van der Waals surface area contributed by atoms with E-state index in [2.05, 4.69) is 12.2 Å². The van der Waals surface area contributed by atoms with Crippen LogP contribution in [-0.2, 0) is 4.74 Å². The first-order chi connectivity index (χ1) is 5.79. The van der Waals surface area contributed by atoms with Crippen LogP contribution in [0.15, 0.2) is 0 Å². The molecule has 1 atom stereocenters. The van der Waals surface area contributed by atoms with Gasteiger partial charge in [0.05, 0.1) is 13.2 Å². The number of hydrogen-bond donors (Lipinski definition) is 1. The largest absolute Gasteiger partial charge is 0.380 e. The van der Waals surface area contributed by atoms with Crippen LogP contribution in [0.25, 0.3) is 0 Å². The summed E-state index contributed by atoms with van der Waals surface area (Å²) in [6, 6.07) is 0. The molecule has 0 spiro atoms. The molecule has 2 nitrogen and oxygen atoms in total. The van der Waals surface area contributed by atoms with Crippen molar-refractivity contribution in [3.8, 4) is 0 Å². The summed E-state index contributed by atoms with van der Waals surface area (Å²) in [4.78, 5) is 0. The van der Waals surface area contributed by atoms with Gasteiger partial charge in [-0.1, -0.05) is 6.92 Å². The molecule has 0 bridgehead atoms. The van der Waals surface area contributed by atoms with Crippen LogP contribution in [-0.4, -0.2) is 26.3 Å². The van der Waals surface area contributed by atoms with Crippen molar-refractivity contribution >= 4 is 0 Å². The Labute approximate surface area is 74.7 Å². The molecule has 0 radical (unpaired) electrons. The third kappa shape index (κ3) is 1.80. The van der Waals surface area contributed by atoms with Gasteiger partial charge in [0.1, 0.15) is 0 Å². The number of ether oxygens (including phenoxy) is 1. The molecule has 0 amide bonds. The van der Waals surface area contributed by atoms with Crippen LogP contribution >= 0.6 is 0 Å². The Hall–Kier alpha value is -0.0800. The summed E-state index contributed by atoms with van der Waals surface area (Å²) < 4.78 is 5.26. The third-order valence-electron chi connectivity index (χ3n) is 3.08. The van der Waals surface area contributed by atoms with Gasteiger partial charge in [0.2, 0.25) is 0 Å². The van der Waals surface area contributed by atoms with Gasteiger partial charge in [0, 0.05) is 5.41 Å². The summed E-state index contributed by atoms with van der Waals surface area (Å²) in [5, 5.41) is 3.46. The van der Waals surface area contributed by atoms with E-state index in [0.29, 0.717) is 5.41 Å². The lowest BCUT2D eigenvalue weighted by Gasteiger charge is -2.41. The van der Waals surface area contributed by atoms with Gasteiger partial charge in [0.25, 0.3) is 0 Å². The van der Waals surface area contributed by atoms with E-state index in [1.807, 2.05) is 0 Å². The quantitative estimate of drug-likeness (QED) is 0.675. The zero-order chi connectivity index (χ0) is 8.44. The van der Waals surface area contributed by atoms with Crippen molar-refractivity contribution in [1.29, 1.82) is 0 Å². The summed E-state index contributed by atoms with van der Waals surface area (Å²) >= 11 is 0. The molecule has 70 valence electrons. The summed E-state index contributed by atoms with van der Waals surface area (Å²) in [6.07, 6.45) is 4.14. The van der Waals surface area contributed by atoms with E-state index in [1.165, 1.54) is 32.4 Å². The lowest BCUT2D eigenvalue weighted by Crippen LogP contribution is -2.43. The minimum atomic E-state index is 0.518. The Morgan fingerprint density at radius 3 is 2.83 bits per heavy atom. The number of nitrogens with one attached hydrogen (secondary N) is 1. The maximum atomic E-state index is 5.26. The molecule has 0 aromatic carbocycles. The Kier molecular flexibility index (Phi) is 2.37. The fraction of sp³-hybridized carbons (Fsp3) is 1.00. The van der Waals surface area contributed by atoms with E-state index in [4.69, 9.17) is 4.74 Å². The van der Waals surface area contributed by atoms with E-state index in [9.17, 15) is 0 Å². The lowest BCUT2D eigenvalue weighted by molar-refractivity contribution is -0.114. The van der Waals surface area contributed by atoms with Gasteiger partial charge < -0.3 is 10.1 Å². The summed E-state index contributed by atoms with van der Waals surface area (Å²) in [5.74, 6) is 0.910. The highest BCUT2D eigenvalue weighted by Crippen LogP contribution is 2.35. The van der Waals surface area contributed by atoms with Crippen LogP contribution in [0.2, 0.25) is 0 Å². The van der Waals surface area contributed by atoms with Crippen molar-refractivity contribution in [2.75, 3.05) is 26.3 Å². The minimum Gasteiger partial charge on any atom is -0.380 e.